The third kappa shape index (κ3) is 3.51. The Morgan fingerprint density at radius 3 is 2.21 bits per heavy atom. The van der Waals surface area contributed by atoms with Gasteiger partial charge in [0.25, 0.3) is 0 Å². The molecular weight excluding hydrogens is 304 g/mol. The molecule has 0 aliphatic heterocycles. The lowest BCUT2D eigenvalue weighted by atomic mass is 10.0. The summed E-state index contributed by atoms with van der Waals surface area (Å²) >= 11 is 3.45. The van der Waals surface area contributed by atoms with E-state index in [1.54, 1.807) is 0 Å². The van der Waals surface area contributed by atoms with Crippen LogP contribution in [0.3, 0.4) is 0 Å². The Morgan fingerprint density at radius 2 is 1.58 bits per heavy atom. The third-order valence-corrected chi connectivity index (χ3v) is 3.25. The summed E-state index contributed by atoms with van der Waals surface area (Å²) in [6.45, 7) is 5.25. The highest BCUT2D eigenvalue weighted by atomic mass is 79.9. The standard InChI is InChI=1S/C16H17BrO2/c1-3-18-14-9-10-15(16(11-14)19-4-2)12-5-7-13(17)8-6-12/h5-11H,3-4H2,1-2H3. The van der Waals surface area contributed by atoms with E-state index >= 15 is 0 Å². The fraction of sp³-hybridized carbons (Fsp3) is 0.250. The molecule has 0 N–H and O–H groups in total. The molecule has 0 bridgehead atoms. The molecule has 2 aromatic carbocycles. The lowest BCUT2D eigenvalue weighted by Crippen LogP contribution is -1.97. The Kier molecular flexibility index (Phi) is 4.86. The Bertz CT molecular complexity index is 535. The second kappa shape index (κ2) is 6.62. The van der Waals surface area contributed by atoms with Gasteiger partial charge in [0.15, 0.2) is 0 Å². The minimum absolute atomic E-state index is 0.638. The van der Waals surface area contributed by atoms with Crippen LogP contribution in [0, 0.1) is 0 Å². The molecule has 100 valence electrons. The molecule has 3 heteroatoms. The third-order valence-electron chi connectivity index (χ3n) is 2.72. The number of hydrogen-bond acceptors (Lipinski definition) is 2. The van der Waals surface area contributed by atoms with Crippen LogP contribution in [0.15, 0.2) is 46.9 Å². The first kappa shape index (κ1) is 13.9. The van der Waals surface area contributed by atoms with Gasteiger partial charge >= 0.3 is 0 Å². The van der Waals surface area contributed by atoms with Crippen molar-refractivity contribution in [3.63, 3.8) is 0 Å². The highest BCUT2D eigenvalue weighted by Gasteiger charge is 2.08. The van der Waals surface area contributed by atoms with Crippen molar-refractivity contribution in [2.75, 3.05) is 13.2 Å². The van der Waals surface area contributed by atoms with Crippen LogP contribution < -0.4 is 9.47 Å². The molecule has 19 heavy (non-hydrogen) atoms. The maximum absolute atomic E-state index is 5.72. The van der Waals surface area contributed by atoms with Gasteiger partial charge in [-0.2, -0.15) is 0 Å². The summed E-state index contributed by atoms with van der Waals surface area (Å²) in [7, 11) is 0. The van der Waals surface area contributed by atoms with E-state index in [-0.39, 0.29) is 0 Å². The van der Waals surface area contributed by atoms with E-state index in [2.05, 4.69) is 28.1 Å². The average Bonchev–Trinajstić information content (AvgIpc) is 2.41. The molecule has 0 saturated carbocycles. The van der Waals surface area contributed by atoms with Gasteiger partial charge in [-0.25, -0.2) is 0 Å². The van der Waals surface area contributed by atoms with Crippen LogP contribution in [-0.4, -0.2) is 13.2 Å². The summed E-state index contributed by atoms with van der Waals surface area (Å²) in [4.78, 5) is 0. The Balaban J connectivity index is 2.40. The molecule has 0 heterocycles. The van der Waals surface area contributed by atoms with Gasteiger partial charge in [-0.15, -0.1) is 0 Å². The molecular formula is C16H17BrO2. The van der Waals surface area contributed by atoms with Crippen molar-refractivity contribution in [3.05, 3.63) is 46.9 Å². The maximum Gasteiger partial charge on any atom is 0.130 e. The highest BCUT2D eigenvalue weighted by molar-refractivity contribution is 9.10. The van der Waals surface area contributed by atoms with Gasteiger partial charge in [-0.1, -0.05) is 28.1 Å². The van der Waals surface area contributed by atoms with Gasteiger partial charge in [0.1, 0.15) is 11.5 Å². The molecule has 0 aromatic heterocycles. The average molecular weight is 321 g/mol. The Hall–Kier alpha value is -1.48. The predicted molar refractivity (Wildman–Crippen MR) is 81.9 cm³/mol. The molecule has 2 rings (SSSR count). The maximum atomic E-state index is 5.72. The van der Waals surface area contributed by atoms with Crippen molar-refractivity contribution in [1.82, 2.24) is 0 Å². The lowest BCUT2D eigenvalue weighted by Gasteiger charge is -2.12. The van der Waals surface area contributed by atoms with E-state index in [1.807, 2.05) is 44.2 Å². The second-order valence-corrected chi connectivity index (χ2v) is 4.95. The van der Waals surface area contributed by atoms with Crippen LogP contribution >= 0.6 is 15.9 Å². The molecule has 0 saturated heterocycles. The number of hydrogen-bond donors (Lipinski definition) is 0. The van der Waals surface area contributed by atoms with Crippen LogP contribution in [0.25, 0.3) is 11.1 Å². The van der Waals surface area contributed by atoms with Crippen molar-refractivity contribution in [2.45, 2.75) is 13.8 Å². The summed E-state index contributed by atoms with van der Waals surface area (Å²) < 4.78 is 12.3. The van der Waals surface area contributed by atoms with Crippen molar-refractivity contribution in [2.24, 2.45) is 0 Å². The predicted octanol–water partition coefficient (Wildman–Crippen LogP) is 4.91. The van der Waals surface area contributed by atoms with Crippen LogP contribution in [0.4, 0.5) is 0 Å². The molecule has 0 fully saturated rings. The van der Waals surface area contributed by atoms with Gasteiger partial charge in [-0.05, 0) is 43.7 Å². The number of rotatable bonds is 5. The zero-order valence-corrected chi connectivity index (χ0v) is 12.7. The summed E-state index contributed by atoms with van der Waals surface area (Å²) in [5, 5.41) is 0. The van der Waals surface area contributed by atoms with E-state index in [9.17, 15) is 0 Å². The first-order chi connectivity index (χ1) is 9.24. The number of ether oxygens (including phenoxy) is 2. The molecule has 0 radical (unpaired) electrons. The minimum atomic E-state index is 0.638. The SMILES string of the molecule is CCOc1ccc(-c2ccc(Br)cc2)c(OCC)c1. The Labute approximate surface area is 122 Å². The zero-order chi connectivity index (χ0) is 13.7. The van der Waals surface area contributed by atoms with Crippen LogP contribution in [0.1, 0.15) is 13.8 Å². The highest BCUT2D eigenvalue weighted by Crippen LogP contribution is 2.34. The summed E-state index contributed by atoms with van der Waals surface area (Å²) in [5.41, 5.74) is 2.22. The van der Waals surface area contributed by atoms with E-state index in [1.165, 1.54) is 0 Å². The van der Waals surface area contributed by atoms with Gasteiger partial charge in [0.2, 0.25) is 0 Å². The number of halogens is 1. The molecule has 0 unspecified atom stereocenters. The van der Waals surface area contributed by atoms with Gasteiger partial charge in [0, 0.05) is 16.1 Å². The van der Waals surface area contributed by atoms with Gasteiger partial charge < -0.3 is 9.47 Å². The number of benzene rings is 2. The van der Waals surface area contributed by atoms with E-state index in [0.717, 1.165) is 27.1 Å². The Morgan fingerprint density at radius 1 is 0.895 bits per heavy atom. The van der Waals surface area contributed by atoms with Crippen molar-refractivity contribution in [1.29, 1.82) is 0 Å². The molecule has 0 amide bonds. The smallest absolute Gasteiger partial charge is 0.130 e. The van der Waals surface area contributed by atoms with Gasteiger partial charge in [0.05, 0.1) is 13.2 Å². The molecule has 0 aliphatic carbocycles. The zero-order valence-electron chi connectivity index (χ0n) is 11.2. The fourth-order valence-electron chi connectivity index (χ4n) is 1.90. The summed E-state index contributed by atoms with van der Waals surface area (Å²) in [6.07, 6.45) is 0. The monoisotopic (exact) mass is 320 g/mol. The van der Waals surface area contributed by atoms with Crippen molar-refractivity contribution < 1.29 is 9.47 Å². The normalized spacial score (nSPS) is 10.3. The van der Waals surface area contributed by atoms with Crippen molar-refractivity contribution >= 4 is 15.9 Å². The quantitative estimate of drug-likeness (QED) is 0.779. The molecule has 0 spiro atoms. The van der Waals surface area contributed by atoms with E-state index in [4.69, 9.17) is 9.47 Å². The van der Waals surface area contributed by atoms with Crippen LogP contribution in [0.5, 0.6) is 11.5 Å². The van der Waals surface area contributed by atoms with E-state index in [0.29, 0.717) is 13.2 Å². The van der Waals surface area contributed by atoms with E-state index < -0.39 is 0 Å². The van der Waals surface area contributed by atoms with Crippen LogP contribution in [0.2, 0.25) is 0 Å². The summed E-state index contributed by atoms with van der Waals surface area (Å²) in [5.74, 6) is 1.70. The molecule has 0 aliphatic rings. The largest absolute Gasteiger partial charge is 0.494 e. The molecule has 2 aromatic rings. The lowest BCUT2D eigenvalue weighted by molar-refractivity contribution is 0.324. The van der Waals surface area contributed by atoms with Crippen molar-refractivity contribution in [3.8, 4) is 22.6 Å². The first-order valence-electron chi connectivity index (χ1n) is 6.40. The summed E-state index contributed by atoms with van der Waals surface area (Å²) in [6, 6.07) is 14.2. The topological polar surface area (TPSA) is 18.5 Å². The molecule has 0 atom stereocenters. The van der Waals surface area contributed by atoms with Crippen LogP contribution in [-0.2, 0) is 0 Å². The van der Waals surface area contributed by atoms with Gasteiger partial charge in [-0.3, -0.25) is 0 Å². The molecule has 2 nitrogen and oxygen atoms in total. The first-order valence-corrected chi connectivity index (χ1v) is 7.19. The second-order valence-electron chi connectivity index (χ2n) is 4.03. The fourth-order valence-corrected chi connectivity index (χ4v) is 2.17. The minimum Gasteiger partial charge on any atom is -0.494 e.